The smallest absolute Gasteiger partial charge is 0.244 e. The van der Waals surface area contributed by atoms with Gasteiger partial charge in [-0.05, 0) is 37.8 Å². The zero-order valence-electron chi connectivity index (χ0n) is 15.1. The third-order valence-electron chi connectivity index (χ3n) is 5.26. The second-order valence-corrected chi connectivity index (χ2v) is 7.12. The van der Waals surface area contributed by atoms with E-state index in [1.807, 2.05) is 24.0 Å². The first-order valence-corrected chi connectivity index (χ1v) is 9.18. The third kappa shape index (κ3) is 4.04. The van der Waals surface area contributed by atoms with Crippen molar-refractivity contribution in [3.05, 3.63) is 24.3 Å². The molecule has 26 heavy (non-hydrogen) atoms. The van der Waals surface area contributed by atoms with Crippen molar-refractivity contribution in [3.8, 4) is 0 Å². The van der Waals surface area contributed by atoms with Gasteiger partial charge >= 0.3 is 0 Å². The number of piperidine rings is 1. The van der Waals surface area contributed by atoms with Gasteiger partial charge in [0.15, 0.2) is 0 Å². The maximum absolute atomic E-state index is 12.6. The molecule has 0 aromatic heterocycles. The number of rotatable bonds is 4. The summed E-state index contributed by atoms with van der Waals surface area (Å²) in [7, 11) is 0. The van der Waals surface area contributed by atoms with E-state index in [0.29, 0.717) is 30.4 Å². The summed E-state index contributed by atoms with van der Waals surface area (Å²) in [5.41, 5.74) is 7.24. The largest absolute Gasteiger partial charge is 0.343 e. The van der Waals surface area contributed by atoms with Crippen molar-refractivity contribution in [3.63, 3.8) is 0 Å². The fraction of sp³-hybridized carbons (Fsp3) is 0.526. The lowest BCUT2D eigenvalue weighted by atomic mass is 9.91. The predicted octanol–water partition coefficient (Wildman–Crippen LogP) is 1.34. The Morgan fingerprint density at radius 2 is 1.85 bits per heavy atom. The van der Waals surface area contributed by atoms with Crippen LogP contribution in [-0.2, 0) is 14.4 Å². The third-order valence-corrected chi connectivity index (χ3v) is 5.26. The van der Waals surface area contributed by atoms with Gasteiger partial charge in [-0.1, -0.05) is 12.1 Å². The number of fused-ring (bicyclic) bond motifs is 1. The van der Waals surface area contributed by atoms with Gasteiger partial charge in [-0.3, -0.25) is 14.4 Å². The second-order valence-electron chi connectivity index (χ2n) is 7.12. The summed E-state index contributed by atoms with van der Waals surface area (Å²) in [5.74, 6) is 0.0349. The number of nitrogens with one attached hydrogen (secondary N) is 1. The number of hydrogen-bond donors (Lipinski definition) is 2. The number of carbonyl (C=O) groups excluding carboxylic acids is 3. The molecule has 1 atom stereocenters. The summed E-state index contributed by atoms with van der Waals surface area (Å²) in [6, 6.07) is 7.35. The minimum Gasteiger partial charge on any atom is -0.343 e. The zero-order chi connectivity index (χ0) is 18.7. The molecule has 1 saturated heterocycles. The zero-order valence-corrected chi connectivity index (χ0v) is 15.1. The van der Waals surface area contributed by atoms with Gasteiger partial charge in [-0.2, -0.15) is 0 Å². The molecule has 1 aromatic rings. The number of benzene rings is 1. The van der Waals surface area contributed by atoms with Crippen LogP contribution in [0.3, 0.4) is 0 Å². The molecule has 3 rings (SSSR count). The highest BCUT2D eigenvalue weighted by molar-refractivity contribution is 6.10. The monoisotopic (exact) mass is 358 g/mol. The standard InChI is InChI=1S/C19H26N4O3/c1-13(20)14-8-10-22(11-9-14)18(25)6-7-19(26)23-12-17(24)21-15-4-2-3-5-16(15)23/h2-5,13-14H,6-12,20H2,1H3,(H,21,24). The summed E-state index contributed by atoms with van der Waals surface area (Å²) in [5, 5.41) is 2.76. The van der Waals surface area contributed by atoms with Gasteiger partial charge in [0, 0.05) is 32.0 Å². The first-order chi connectivity index (χ1) is 12.5. The lowest BCUT2D eigenvalue weighted by Crippen LogP contribution is -2.44. The Bertz CT molecular complexity index is 696. The molecular formula is C19H26N4O3. The molecule has 0 aliphatic carbocycles. The Kier molecular flexibility index (Phi) is 5.56. The molecule has 2 heterocycles. The van der Waals surface area contributed by atoms with Crippen LogP contribution >= 0.6 is 0 Å². The van der Waals surface area contributed by atoms with E-state index in [0.717, 1.165) is 12.8 Å². The Morgan fingerprint density at radius 1 is 1.19 bits per heavy atom. The fourth-order valence-electron chi connectivity index (χ4n) is 3.64. The molecule has 1 unspecified atom stereocenters. The molecule has 0 radical (unpaired) electrons. The molecule has 0 spiro atoms. The summed E-state index contributed by atoms with van der Waals surface area (Å²) < 4.78 is 0. The van der Waals surface area contributed by atoms with Gasteiger partial charge in [-0.25, -0.2) is 0 Å². The Balaban J connectivity index is 1.55. The van der Waals surface area contributed by atoms with Gasteiger partial charge in [0.05, 0.1) is 11.4 Å². The number of carbonyl (C=O) groups is 3. The highest BCUT2D eigenvalue weighted by Crippen LogP contribution is 2.29. The van der Waals surface area contributed by atoms with Crippen molar-refractivity contribution >= 4 is 29.1 Å². The number of anilines is 2. The number of amides is 3. The van der Waals surface area contributed by atoms with Crippen molar-refractivity contribution in [1.82, 2.24) is 4.90 Å². The van der Waals surface area contributed by atoms with Gasteiger partial charge in [-0.15, -0.1) is 0 Å². The Labute approximate surface area is 153 Å². The number of hydrogen-bond acceptors (Lipinski definition) is 4. The first-order valence-electron chi connectivity index (χ1n) is 9.18. The summed E-state index contributed by atoms with van der Waals surface area (Å²) in [4.78, 5) is 40.1. The molecule has 2 aliphatic rings. The van der Waals surface area contributed by atoms with E-state index in [4.69, 9.17) is 5.73 Å². The van der Waals surface area contributed by atoms with Crippen molar-refractivity contribution in [2.45, 2.75) is 38.6 Å². The minimum atomic E-state index is -0.221. The van der Waals surface area contributed by atoms with Crippen molar-refractivity contribution < 1.29 is 14.4 Å². The highest BCUT2D eigenvalue weighted by atomic mass is 16.2. The number of nitrogens with two attached hydrogens (primary N) is 1. The normalized spacial score (nSPS) is 18.9. The average molecular weight is 358 g/mol. The topological polar surface area (TPSA) is 95.7 Å². The van der Waals surface area contributed by atoms with E-state index >= 15 is 0 Å². The van der Waals surface area contributed by atoms with Gasteiger partial charge < -0.3 is 20.9 Å². The van der Waals surface area contributed by atoms with Crippen molar-refractivity contribution in [2.24, 2.45) is 11.7 Å². The van der Waals surface area contributed by atoms with Gasteiger partial charge in [0.25, 0.3) is 0 Å². The van der Waals surface area contributed by atoms with E-state index in [1.165, 1.54) is 4.90 Å². The molecule has 7 heteroatoms. The van der Waals surface area contributed by atoms with E-state index in [-0.39, 0.29) is 43.1 Å². The average Bonchev–Trinajstić information content (AvgIpc) is 2.65. The molecule has 2 aliphatic heterocycles. The maximum atomic E-state index is 12.6. The Morgan fingerprint density at radius 3 is 2.54 bits per heavy atom. The van der Waals surface area contributed by atoms with Crippen LogP contribution in [0.25, 0.3) is 0 Å². The molecule has 0 bridgehead atoms. The van der Waals surface area contributed by atoms with Crippen LogP contribution in [0.4, 0.5) is 11.4 Å². The SMILES string of the molecule is CC(N)C1CCN(C(=O)CCC(=O)N2CC(=O)Nc3ccccc32)CC1. The lowest BCUT2D eigenvalue weighted by Gasteiger charge is -2.34. The van der Waals surface area contributed by atoms with Crippen LogP contribution in [0.15, 0.2) is 24.3 Å². The summed E-state index contributed by atoms with van der Waals surface area (Å²) in [6.45, 7) is 3.40. The fourth-order valence-corrected chi connectivity index (χ4v) is 3.64. The quantitative estimate of drug-likeness (QED) is 0.849. The molecule has 140 valence electrons. The van der Waals surface area contributed by atoms with Crippen molar-refractivity contribution in [2.75, 3.05) is 29.9 Å². The molecule has 1 aromatic carbocycles. The van der Waals surface area contributed by atoms with Crippen LogP contribution in [-0.4, -0.2) is 48.3 Å². The predicted molar refractivity (Wildman–Crippen MR) is 99.6 cm³/mol. The number of nitrogens with zero attached hydrogens (tertiary/aromatic N) is 2. The minimum absolute atomic E-state index is 0.00350. The molecular weight excluding hydrogens is 332 g/mol. The summed E-state index contributed by atoms with van der Waals surface area (Å²) >= 11 is 0. The van der Waals surface area contributed by atoms with Crippen LogP contribution in [0.2, 0.25) is 0 Å². The first kappa shape index (κ1) is 18.4. The van der Waals surface area contributed by atoms with Gasteiger partial charge in [0.2, 0.25) is 17.7 Å². The van der Waals surface area contributed by atoms with Crippen LogP contribution < -0.4 is 16.0 Å². The highest BCUT2D eigenvalue weighted by Gasteiger charge is 2.28. The van der Waals surface area contributed by atoms with Gasteiger partial charge in [0.1, 0.15) is 6.54 Å². The lowest BCUT2D eigenvalue weighted by molar-refractivity contribution is -0.134. The maximum Gasteiger partial charge on any atom is 0.244 e. The molecule has 0 saturated carbocycles. The van der Waals surface area contributed by atoms with Crippen LogP contribution in [0, 0.1) is 5.92 Å². The van der Waals surface area contributed by atoms with E-state index in [9.17, 15) is 14.4 Å². The number of para-hydroxylation sites is 2. The van der Waals surface area contributed by atoms with Crippen LogP contribution in [0.1, 0.15) is 32.6 Å². The molecule has 3 amide bonds. The Hall–Kier alpha value is -2.41. The molecule has 3 N–H and O–H groups in total. The van der Waals surface area contributed by atoms with E-state index in [1.54, 1.807) is 12.1 Å². The molecule has 7 nitrogen and oxygen atoms in total. The van der Waals surface area contributed by atoms with E-state index in [2.05, 4.69) is 5.32 Å². The van der Waals surface area contributed by atoms with Crippen molar-refractivity contribution in [1.29, 1.82) is 0 Å². The van der Waals surface area contributed by atoms with Crippen LogP contribution in [0.5, 0.6) is 0 Å². The second kappa shape index (κ2) is 7.86. The van der Waals surface area contributed by atoms with E-state index < -0.39 is 0 Å². The molecule has 1 fully saturated rings. The summed E-state index contributed by atoms with van der Waals surface area (Å²) in [6.07, 6.45) is 2.10. The number of likely N-dealkylation sites (tertiary alicyclic amines) is 1.